The number of hydrogen-bond acceptors (Lipinski definition) is 7. The van der Waals surface area contributed by atoms with Gasteiger partial charge in [-0.05, 0) is 13.0 Å². The van der Waals surface area contributed by atoms with Crippen LogP contribution in [0.2, 0.25) is 0 Å². The van der Waals surface area contributed by atoms with Crippen LogP contribution in [0.1, 0.15) is 22.3 Å². The fourth-order valence-electron chi connectivity index (χ4n) is 2.90. The Bertz CT molecular complexity index is 879. The lowest BCUT2D eigenvalue weighted by Gasteiger charge is -2.20. The van der Waals surface area contributed by atoms with Crippen LogP contribution in [0.3, 0.4) is 0 Å². The van der Waals surface area contributed by atoms with E-state index in [1.54, 1.807) is 6.07 Å². The summed E-state index contributed by atoms with van der Waals surface area (Å²) in [7, 11) is 1.54. The van der Waals surface area contributed by atoms with Crippen LogP contribution in [0.15, 0.2) is 30.3 Å². The molecular formula is C19H19NO7. The number of nitrogens with zero attached hydrogens (tertiary/aromatic N) is 1. The molecule has 0 radical (unpaired) electrons. The van der Waals surface area contributed by atoms with Crippen LogP contribution in [-0.2, 0) is 33.9 Å². The first-order valence-electron chi connectivity index (χ1n) is 8.28. The van der Waals surface area contributed by atoms with Crippen molar-refractivity contribution < 1.29 is 28.7 Å². The maximum atomic E-state index is 12.3. The molecule has 0 saturated heterocycles. The summed E-state index contributed by atoms with van der Waals surface area (Å²) in [6.45, 7) is 2.05. The molecule has 8 heteroatoms. The van der Waals surface area contributed by atoms with Crippen molar-refractivity contribution in [2.45, 2.75) is 26.6 Å². The number of aryl methyl sites for hydroxylation is 1. The summed E-state index contributed by atoms with van der Waals surface area (Å²) in [6, 6.07) is 8.29. The number of esters is 1. The Hall–Kier alpha value is -3.13. The van der Waals surface area contributed by atoms with Gasteiger partial charge >= 0.3 is 5.97 Å². The Balaban J connectivity index is 1.75. The maximum Gasteiger partial charge on any atom is 0.310 e. The number of ether oxygens (including phenoxy) is 4. The highest BCUT2D eigenvalue weighted by molar-refractivity contribution is 5.74. The molecule has 142 valence electrons. The van der Waals surface area contributed by atoms with E-state index in [0.717, 1.165) is 5.56 Å². The van der Waals surface area contributed by atoms with E-state index in [2.05, 4.69) is 0 Å². The molecule has 1 aliphatic heterocycles. The van der Waals surface area contributed by atoms with Crippen molar-refractivity contribution in [2.75, 3.05) is 13.9 Å². The predicted molar refractivity (Wildman–Crippen MR) is 94.6 cm³/mol. The number of rotatable bonds is 6. The van der Waals surface area contributed by atoms with Gasteiger partial charge in [-0.1, -0.05) is 17.7 Å². The van der Waals surface area contributed by atoms with Crippen LogP contribution in [-0.4, -0.2) is 24.8 Å². The highest BCUT2D eigenvalue weighted by Gasteiger charge is 2.22. The first kappa shape index (κ1) is 18.7. The van der Waals surface area contributed by atoms with Crippen molar-refractivity contribution in [3.8, 4) is 11.5 Å². The van der Waals surface area contributed by atoms with Gasteiger partial charge in [-0.2, -0.15) is 0 Å². The van der Waals surface area contributed by atoms with E-state index in [0.29, 0.717) is 28.2 Å². The van der Waals surface area contributed by atoms with E-state index < -0.39 is 10.9 Å². The number of hydrogen-bond donors (Lipinski definition) is 0. The first-order chi connectivity index (χ1) is 13.0. The first-order valence-corrected chi connectivity index (χ1v) is 8.28. The van der Waals surface area contributed by atoms with E-state index in [-0.39, 0.29) is 32.1 Å². The van der Waals surface area contributed by atoms with Crippen LogP contribution < -0.4 is 9.47 Å². The molecule has 0 atom stereocenters. The second kappa shape index (κ2) is 8.05. The third kappa shape index (κ3) is 4.35. The van der Waals surface area contributed by atoms with E-state index in [4.69, 9.17) is 18.9 Å². The second-order valence-electron chi connectivity index (χ2n) is 6.11. The van der Waals surface area contributed by atoms with Gasteiger partial charge in [0, 0.05) is 28.8 Å². The monoisotopic (exact) mass is 373 g/mol. The van der Waals surface area contributed by atoms with Gasteiger partial charge in [0.25, 0.3) is 5.69 Å². The minimum atomic E-state index is -0.502. The zero-order chi connectivity index (χ0) is 19.4. The molecule has 1 aliphatic rings. The lowest BCUT2D eigenvalue weighted by atomic mass is 10.1. The molecule has 0 aromatic heterocycles. The van der Waals surface area contributed by atoms with Crippen LogP contribution in [0.5, 0.6) is 11.5 Å². The minimum Gasteiger partial charge on any atom is -0.496 e. The van der Waals surface area contributed by atoms with Crippen molar-refractivity contribution >= 4 is 11.7 Å². The van der Waals surface area contributed by atoms with Gasteiger partial charge in [-0.15, -0.1) is 0 Å². The third-order valence-electron chi connectivity index (χ3n) is 4.14. The number of nitro groups is 1. The molecule has 0 fully saturated rings. The van der Waals surface area contributed by atoms with E-state index in [9.17, 15) is 14.9 Å². The Morgan fingerprint density at radius 2 is 2.07 bits per heavy atom. The molecule has 3 rings (SSSR count). The highest BCUT2D eigenvalue weighted by Crippen LogP contribution is 2.33. The molecule has 0 bridgehead atoms. The molecule has 27 heavy (non-hydrogen) atoms. The van der Waals surface area contributed by atoms with E-state index in [1.807, 2.05) is 19.1 Å². The van der Waals surface area contributed by atoms with Gasteiger partial charge in [0.05, 0.1) is 25.1 Å². The smallest absolute Gasteiger partial charge is 0.310 e. The maximum absolute atomic E-state index is 12.3. The molecule has 0 amide bonds. The average Bonchev–Trinajstić information content (AvgIpc) is 2.66. The molecule has 1 heterocycles. The van der Waals surface area contributed by atoms with Gasteiger partial charge in [0.2, 0.25) is 0 Å². The molecule has 0 saturated carbocycles. The predicted octanol–water partition coefficient (Wildman–Crippen LogP) is 3.06. The number of carbonyl (C=O) groups is 1. The van der Waals surface area contributed by atoms with E-state index in [1.165, 1.54) is 19.2 Å². The second-order valence-corrected chi connectivity index (χ2v) is 6.11. The fourth-order valence-corrected chi connectivity index (χ4v) is 2.90. The van der Waals surface area contributed by atoms with Gasteiger partial charge in [-0.3, -0.25) is 14.9 Å². The normalized spacial score (nSPS) is 12.7. The van der Waals surface area contributed by atoms with Gasteiger partial charge in [0.1, 0.15) is 18.1 Å². The Labute approximate surface area is 155 Å². The summed E-state index contributed by atoms with van der Waals surface area (Å²) in [5.41, 5.74) is 2.61. The minimum absolute atomic E-state index is 0.0337. The number of benzene rings is 2. The fraction of sp³-hybridized carbons (Fsp3) is 0.316. The molecule has 2 aromatic rings. The summed E-state index contributed by atoms with van der Waals surface area (Å²) < 4.78 is 21.2. The molecule has 0 N–H and O–H groups in total. The standard InChI is InChI=1S/C19H19NO7/c1-12-3-4-17(24-2)13(5-12)8-18(21)26-10-15-7-16(20(22)23)6-14-9-25-11-27-19(14)15/h3-7H,8-11H2,1-2H3. The lowest BCUT2D eigenvalue weighted by Crippen LogP contribution is -2.15. The highest BCUT2D eigenvalue weighted by atomic mass is 16.7. The molecule has 0 unspecified atom stereocenters. The SMILES string of the molecule is COc1ccc(C)cc1CC(=O)OCc1cc([N+](=O)[O-])cc2c1OCOC2. The zero-order valence-corrected chi connectivity index (χ0v) is 15.0. The van der Waals surface area contributed by atoms with Crippen LogP contribution in [0.25, 0.3) is 0 Å². The topological polar surface area (TPSA) is 97.1 Å². The molecule has 0 aliphatic carbocycles. The van der Waals surface area contributed by atoms with Crippen molar-refractivity contribution in [1.82, 2.24) is 0 Å². The summed E-state index contributed by atoms with van der Waals surface area (Å²) >= 11 is 0. The molecular weight excluding hydrogens is 354 g/mol. The molecule has 0 spiro atoms. The summed E-state index contributed by atoms with van der Waals surface area (Å²) in [5.74, 6) is 0.602. The number of nitro benzene ring substituents is 1. The molecule has 8 nitrogen and oxygen atoms in total. The Morgan fingerprint density at radius 3 is 2.81 bits per heavy atom. The lowest BCUT2D eigenvalue weighted by molar-refractivity contribution is -0.385. The number of carbonyl (C=O) groups excluding carboxylic acids is 1. The van der Waals surface area contributed by atoms with Crippen LogP contribution in [0, 0.1) is 17.0 Å². The van der Waals surface area contributed by atoms with Gasteiger partial charge < -0.3 is 18.9 Å². The zero-order valence-electron chi connectivity index (χ0n) is 15.0. The van der Waals surface area contributed by atoms with Crippen LogP contribution >= 0.6 is 0 Å². The van der Waals surface area contributed by atoms with Gasteiger partial charge in [-0.25, -0.2) is 0 Å². The summed E-state index contributed by atoms with van der Waals surface area (Å²) in [5, 5.41) is 11.1. The van der Waals surface area contributed by atoms with Crippen molar-refractivity contribution in [3.05, 3.63) is 62.7 Å². The average molecular weight is 373 g/mol. The van der Waals surface area contributed by atoms with Crippen molar-refractivity contribution in [1.29, 1.82) is 0 Å². The largest absolute Gasteiger partial charge is 0.496 e. The quantitative estimate of drug-likeness (QED) is 0.436. The third-order valence-corrected chi connectivity index (χ3v) is 4.14. The number of methoxy groups -OCH3 is 1. The number of fused-ring (bicyclic) bond motifs is 1. The summed E-state index contributed by atoms with van der Waals surface area (Å²) in [6.07, 6.45) is 0.0337. The van der Waals surface area contributed by atoms with Gasteiger partial charge in [0.15, 0.2) is 6.79 Å². The van der Waals surface area contributed by atoms with E-state index >= 15 is 0 Å². The Morgan fingerprint density at radius 1 is 1.26 bits per heavy atom. The Kier molecular flexibility index (Phi) is 5.56. The number of non-ortho nitro benzene ring substituents is 1. The molecule has 2 aromatic carbocycles. The van der Waals surface area contributed by atoms with Crippen molar-refractivity contribution in [3.63, 3.8) is 0 Å². The summed E-state index contributed by atoms with van der Waals surface area (Å²) in [4.78, 5) is 22.9. The van der Waals surface area contributed by atoms with Crippen LogP contribution in [0.4, 0.5) is 5.69 Å². The van der Waals surface area contributed by atoms with Crippen molar-refractivity contribution in [2.24, 2.45) is 0 Å².